The molecule has 0 aromatic carbocycles. The number of ether oxygens (including phenoxy) is 1. The number of nitrogens with one attached hydrogen (secondary N) is 1. The first-order valence-corrected chi connectivity index (χ1v) is 4.98. The standard InChI is InChI=1S/C8H14N2OS/c1-2-9-3-5-11-7-8-10-4-6-12-8/h4,6,9H,2-3,5,7H2,1H3. The lowest BCUT2D eigenvalue weighted by atomic mass is 10.6. The van der Waals surface area contributed by atoms with Gasteiger partial charge in [-0.15, -0.1) is 11.3 Å². The van der Waals surface area contributed by atoms with Crippen molar-refractivity contribution in [3.8, 4) is 0 Å². The van der Waals surface area contributed by atoms with Crippen LogP contribution >= 0.6 is 11.3 Å². The normalized spacial score (nSPS) is 10.4. The van der Waals surface area contributed by atoms with E-state index in [1.807, 2.05) is 5.38 Å². The van der Waals surface area contributed by atoms with Crippen molar-refractivity contribution in [3.63, 3.8) is 0 Å². The molecular weight excluding hydrogens is 172 g/mol. The van der Waals surface area contributed by atoms with Crippen LogP contribution in [0.15, 0.2) is 11.6 Å². The molecule has 0 saturated carbocycles. The molecule has 0 aliphatic heterocycles. The van der Waals surface area contributed by atoms with Gasteiger partial charge in [0.1, 0.15) is 5.01 Å². The number of likely N-dealkylation sites (N-methyl/N-ethyl adjacent to an activating group) is 1. The molecule has 0 fully saturated rings. The molecule has 1 N–H and O–H groups in total. The maximum absolute atomic E-state index is 5.37. The monoisotopic (exact) mass is 186 g/mol. The van der Waals surface area contributed by atoms with Crippen LogP contribution in [0, 0.1) is 0 Å². The molecule has 1 rings (SSSR count). The van der Waals surface area contributed by atoms with Crippen molar-refractivity contribution in [2.45, 2.75) is 13.5 Å². The van der Waals surface area contributed by atoms with Gasteiger partial charge in [0.15, 0.2) is 0 Å². The Morgan fingerprint density at radius 1 is 1.67 bits per heavy atom. The average Bonchev–Trinajstić information content (AvgIpc) is 2.57. The topological polar surface area (TPSA) is 34.1 Å². The second kappa shape index (κ2) is 6.11. The fourth-order valence-electron chi connectivity index (χ4n) is 0.805. The fraction of sp³-hybridized carbons (Fsp3) is 0.625. The van der Waals surface area contributed by atoms with Gasteiger partial charge in [0.05, 0.1) is 13.2 Å². The molecule has 0 radical (unpaired) electrons. The molecule has 0 saturated heterocycles. The fourth-order valence-corrected chi connectivity index (χ4v) is 1.36. The van der Waals surface area contributed by atoms with E-state index in [0.717, 1.165) is 24.7 Å². The minimum atomic E-state index is 0.642. The summed E-state index contributed by atoms with van der Waals surface area (Å²) in [7, 11) is 0. The third-order valence-corrected chi connectivity index (χ3v) is 2.14. The van der Waals surface area contributed by atoms with Crippen LogP contribution in [-0.4, -0.2) is 24.7 Å². The largest absolute Gasteiger partial charge is 0.373 e. The summed E-state index contributed by atoms with van der Waals surface area (Å²) in [5, 5.41) is 6.20. The van der Waals surface area contributed by atoms with E-state index in [2.05, 4.69) is 17.2 Å². The zero-order chi connectivity index (χ0) is 8.65. The average molecular weight is 186 g/mol. The molecule has 68 valence electrons. The molecule has 12 heavy (non-hydrogen) atoms. The van der Waals surface area contributed by atoms with Gasteiger partial charge >= 0.3 is 0 Å². The van der Waals surface area contributed by atoms with Crippen molar-refractivity contribution < 1.29 is 4.74 Å². The smallest absolute Gasteiger partial charge is 0.118 e. The van der Waals surface area contributed by atoms with Gasteiger partial charge in [0, 0.05) is 18.1 Å². The Kier molecular flexibility index (Phi) is 4.91. The van der Waals surface area contributed by atoms with E-state index in [1.54, 1.807) is 17.5 Å². The molecule has 0 aliphatic carbocycles. The molecular formula is C8H14N2OS. The van der Waals surface area contributed by atoms with Crippen molar-refractivity contribution in [2.24, 2.45) is 0 Å². The van der Waals surface area contributed by atoms with E-state index in [4.69, 9.17) is 4.74 Å². The molecule has 0 aliphatic rings. The molecule has 4 heteroatoms. The lowest BCUT2D eigenvalue weighted by molar-refractivity contribution is 0.123. The number of hydrogen-bond acceptors (Lipinski definition) is 4. The Morgan fingerprint density at radius 3 is 3.25 bits per heavy atom. The van der Waals surface area contributed by atoms with Gasteiger partial charge in [-0.2, -0.15) is 0 Å². The summed E-state index contributed by atoms with van der Waals surface area (Å²) < 4.78 is 5.37. The predicted molar refractivity (Wildman–Crippen MR) is 50.3 cm³/mol. The number of thiazole rings is 1. The van der Waals surface area contributed by atoms with Gasteiger partial charge < -0.3 is 10.1 Å². The highest BCUT2D eigenvalue weighted by Crippen LogP contribution is 2.04. The SMILES string of the molecule is CCNCCOCc1nccs1. The third-order valence-electron chi connectivity index (χ3n) is 1.38. The highest BCUT2D eigenvalue weighted by Gasteiger charge is 1.93. The quantitative estimate of drug-likeness (QED) is 0.679. The van der Waals surface area contributed by atoms with Crippen LogP contribution in [0.4, 0.5) is 0 Å². The van der Waals surface area contributed by atoms with Gasteiger partial charge in [-0.1, -0.05) is 6.92 Å². The second-order valence-corrected chi connectivity index (χ2v) is 3.31. The highest BCUT2D eigenvalue weighted by atomic mass is 32.1. The van der Waals surface area contributed by atoms with Crippen LogP contribution < -0.4 is 5.32 Å². The van der Waals surface area contributed by atoms with Gasteiger partial charge in [0.25, 0.3) is 0 Å². The molecule has 1 heterocycles. The molecule has 0 spiro atoms. The summed E-state index contributed by atoms with van der Waals surface area (Å²) in [6, 6.07) is 0. The van der Waals surface area contributed by atoms with Crippen molar-refractivity contribution in [2.75, 3.05) is 19.7 Å². The first-order chi connectivity index (χ1) is 5.93. The predicted octanol–water partition coefficient (Wildman–Crippen LogP) is 1.27. The minimum Gasteiger partial charge on any atom is -0.373 e. The Balaban J connectivity index is 1.96. The summed E-state index contributed by atoms with van der Waals surface area (Å²) in [4.78, 5) is 4.11. The van der Waals surface area contributed by atoms with Crippen molar-refractivity contribution in [1.82, 2.24) is 10.3 Å². The molecule has 0 bridgehead atoms. The first-order valence-electron chi connectivity index (χ1n) is 4.10. The summed E-state index contributed by atoms with van der Waals surface area (Å²) in [5.74, 6) is 0. The van der Waals surface area contributed by atoms with Gasteiger partial charge in [-0.3, -0.25) is 0 Å². The lowest BCUT2D eigenvalue weighted by Gasteiger charge is -2.01. The van der Waals surface area contributed by atoms with Gasteiger partial charge in [0.2, 0.25) is 0 Å². The number of rotatable bonds is 6. The van der Waals surface area contributed by atoms with Crippen molar-refractivity contribution in [1.29, 1.82) is 0 Å². The van der Waals surface area contributed by atoms with Gasteiger partial charge in [-0.25, -0.2) is 4.98 Å². The van der Waals surface area contributed by atoms with Crippen LogP contribution in [0.1, 0.15) is 11.9 Å². The summed E-state index contributed by atoms with van der Waals surface area (Å²) in [5.41, 5.74) is 0. The molecule has 0 atom stereocenters. The number of nitrogens with zero attached hydrogens (tertiary/aromatic N) is 1. The third kappa shape index (κ3) is 3.80. The van der Waals surface area contributed by atoms with Gasteiger partial charge in [-0.05, 0) is 6.54 Å². The van der Waals surface area contributed by atoms with Crippen LogP contribution in [0.25, 0.3) is 0 Å². The Hall–Kier alpha value is -0.450. The number of aromatic nitrogens is 1. The Bertz CT molecular complexity index is 189. The lowest BCUT2D eigenvalue weighted by Crippen LogP contribution is -2.18. The summed E-state index contributed by atoms with van der Waals surface area (Å²) in [6.45, 7) is 5.40. The Morgan fingerprint density at radius 2 is 2.58 bits per heavy atom. The van der Waals surface area contributed by atoms with E-state index in [9.17, 15) is 0 Å². The maximum Gasteiger partial charge on any atom is 0.118 e. The zero-order valence-corrected chi connectivity index (χ0v) is 8.06. The number of hydrogen-bond donors (Lipinski definition) is 1. The Labute approximate surface area is 76.8 Å². The molecule has 0 amide bonds. The van der Waals surface area contributed by atoms with E-state index >= 15 is 0 Å². The van der Waals surface area contributed by atoms with Crippen molar-refractivity contribution >= 4 is 11.3 Å². The molecule has 1 aromatic heterocycles. The van der Waals surface area contributed by atoms with Crippen LogP contribution in [0.5, 0.6) is 0 Å². The second-order valence-electron chi connectivity index (χ2n) is 2.33. The van der Waals surface area contributed by atoms with Crippen LogP contribution in [-0.2, 0) is 11.3 Å². The molecule has 3 nitrogen and oxygen atoms in total. The van der Waals surface area contributed by atoms with E-state index in [1.165, 1.54) is 0 Å². The first kappa shape index (κ1) is 9.64. The zero-order valence-electron chi connectivity index (χ0n) is 7.25. The molecule has 1 aromatic rings. The summed E-state index contributed by atoms with van der Waals surface area (Å²) in [6.07, 6.45) is 1.80. The van der Waals surface area contributed by atoms with Crippen LogP contribution in [0.2, 0.25) is 0 Å². The minimum absolute atomic E-state index is 0.642. The van der Waals surface area contributed by atoms with Crippen LogP contribution in [0.3, 0.4) is 0 Å². The summed E-state index contributed by atoms with van der Waals surface area (Å²) >= 11 is 1.63. The maximum atomic E-state index is 5.37. The highest BCUT2D eigenvalue weighted by molar-refractivity contribution is 7.09. The van der Waals surface area contributed by atoms with E-state index < -0.39 is 0 Å². The van der Waals surface area contributed by atoms with Crippen molar-refractivity contribution in [3.05, 3.63) is 16.6 Å². The molecule has 0 unspecified atom stereocenters. The van der Waals surface area contributed by atoms with E-state index in [0.29, 0.717) is 6.61 Å². The van der Waals surface area contributed by atoms with E-state index in [-0.39, 0.29) is 0 Å².